The molecule has 1 N–H and O–H groups in total. The SMILES string of the molecule is COCCCS(=O)(=O)c1ccc(/C(=N\O[C@@H]2CC[C@@H](OC)C2)C(=O)Nc2cnc(OC)cn2)cc1. The number of aromatic nitrogens is 2. The smallest absolute Gasteiger partial charge is 0.279 e. The van der Waals surface area contributed by atoms with Crippen LogP contribution in [0.25, 0.3) is 0 Å². The number of carbonyl (C=O) groups excluding carboxylic acids is 1. The zero-order chi connectivity index (χ0) is 25.3. The lowest BCUT2D eigenvalue weighted by Gasteiger charge is -2.12. The van der Waals surface area contributed by atoms with Crippen LogP contribution in [0.15, 0.2) is 46.7 Å². The molecule has 0 unspecified atom stereocenters. The van der Waals surface area contributed by atoms with E-state index in [0.717, 1.165) is 12.8 Å². The normalized spacial score (nSPS) is 18.3. The quantitative estimate of drug-likeness (QED) is 0.261. The monoisotopic (exact) mass is 506 g/mol. The Labute approximate surface area is 204 Å². The largest absolute Gasteiger partial charge is 0.480 e. The van der Waals surface area contributed by atoms with Crippen molar-refractivity contribution in [3.63, 3.8) is 0 Å². The number of oxime groups is 1. The van der Waals surface area contributed by atoms with E-state index in [9.17, 15) is 13.2 Å². The first-order valence-electron chi connectivity index (χ1n) is 11.1. The number of ether oxygens (including phenoxy) is 3. The Morgan fingerprint density at radius 2 is 1.83 bits per heavy atom. The van der Waals surface area contributed by atoms with Crippen LogP contribution in [0.5, 0.6) is 5.88 Å². The van der Waals surface area contributed by atoms with E-state index in [2.05, 4.69) is 20.4 Å². The molecule has 11 nitrogen and oxygen atoms in total. The minimum Gasteiger partial charge on any atom is -0.480 e. The highest BCUT2D eigenvalue weighted by atomic mass is 32.2. The molecule has 2 atom stereocenters. The van der Waals surface area contributed by atoms with Gasteiger partial charge in [-0.25, -0.2) is 18.4 Å². The molecule has 0 bridgehead atoms. The fraction of sp³-hybridized carbons (Fsp3) is 0.478. The molecule has 0 aliphatic heterocycles. The number of sulfone groups is 1. The van der Waals surface area contributed by atoms with Crippen LogP contribution in [-0.4, -0.2) is 75.9 Å². The average Bonchev–Trinajstić information content (AvgIpc) is 3.33. The average molecular weight is 507 g/mol. The fourth-order valence-electron chi connectivity index (χ4n) is 3.56. The molecule has 0 radical (unpaired) electrons. The predicted molar refractivity (Wildman–Crippen MR) is 128 cm³/mol. The molecule has 12 heteroatoms. The molecule has 0 saturated heterocycles. The third-order valence-corrected chi connectivity index (χ3v) is 7.32. The van der Waals surface area contributed by atoms with Crippen LogP contribution in [0.1, 0.15) is 31.2 Å². The molecule has 3 rings (SSSR count). The number of amides is 1. The number of hydrogen-bond donors (Lipinski definition) is 1. The summed E-state index contributed by atoms with van der Waals surface area (Å²) in [5.41, 5.74) is 0.368. The number of nitrogens with one attached hydrogen (secondary N) is 1. The molecule has 1 aliphatic carbocycles. The minimum atomic E-state index is -3.48. The molecule has 2 aromatic rings. The molecule has 35 heavy (non-hydrogen) atoms. The maximum Gasteiger partial charge on any atom is 0.279 e. The van der Waals surface area contributed by atoms with Gasteiger partial charge in [0.15, 0.2) is 21.4 Å². The topological polar surface area (TPSA) is 138 Å². The third-order valence-electron chi connectivity index (χ3n) is 5.51. The van der Waals surface area contributed by atoms with Gasteiger partial charge in [0.2, 0.25) is 5.88 Å². The highest BCUT2D eigenvalue weighted by Gasteiger charge is 2.27. The van der Waals surface area contributed by atoms with Crippen LogP contribution < -0.4 is 10.1 Å². The zero-order valence-corrected chi connectivity index (χ0v) is 20.8. The van der Waals surface area contributed by atoms with Crippen molar-refractivity contribution in [2.45, 2.75) is 42.8 Å². The number of methoxy groups -OCH3 is 3. The van der Waals surface area contributed by atoms with E-state index in [-0.39, 0.29) is 34.4 Å². The van der Waals surface area contributed by atoms with Gasteiger partial charge in [-0.2, -0.15) is 0 Å². The Balaban J connectivity index is 1.81. The van der Waals surface area contributed by atoms with Crippen LogP contribution in [0, 0.1) is 0 Å². The van der Waals surface area contributed by atoms with Crippen molar-refractivity contribution in [3.05, 3.63) is 42.2 Å². The van der Waals surface area contributed by atoms with Gasteiger partial charge in [-0.15, -0.1) is 0 Å². The molecule has 1 fully saturated rings. The summed E-state index contributed by atoms with van der Waals surface area (Å²) in [6.45, 7) is 0.352. The summed E-state index contributed by atoms with van der Waals surface area (Å²) in [6, 6.07) is 5.95. The number of rotatable bonds is 12. The standard InChI is InChI=1S/C23H30N4O7S/c1-31-11-4-12-35(29,30)19-9-5-16(6-10-19)22(27-34-18-8-7-17(13-18)32-2)23(28)26-20-14-25-21(33-3)15-24-20/h5-6,9-10,14-15,17-18H,4,7-8,11-13H2,1-3H3,(H,24,26,28)/b27-22+/t17-,18-/m1/s1. The van der Waals surface area contributed by atoms with Crippen molar-refractivity contribution in [1.29, 1.82) is 0 Å². The fourth-order valence-corrected chi connectivity index (χ4v) is 4.84. The first kappa shape index (κ1) is 26.5. The first-order chi connectivity index (χ1) is 16.9. The van der Waals surface area contributed by atoms with Gasteiger partial charge in [-0.05, 0) is 31.4 Å². The summed E-state index contributed by atoms with van der Waals surface area (Å²) in [4.78, 5) is 27.0. The second kappa shape index (κ2) is 12.6. The summed E-state index contributed by atoms with van der Waals surface area (Å²) in [5, 5.41) is 6.77. The Hall–Kier alpha value is -3.09. The molecule has 190 valence electrons. The number of nitrogens with zero attached hydrogens (tertiary/aromatic N) is 3. The van der Waals surface area contributed by atoms with Gasteiger partial charge < -0.3 is 24.4 Å². The maximum absolute atomic E-state index is 13.1. The zero-order valence-electron chi connectivity index (χ0n) is 20.0. The summed E-state index contributed by atoms with van der Waals surface area (Å²) >= 11 is 0. The molecular formula is C23H30N4O7S. The molecule has 1 saturated carbocycles. The van der Waals surface area contributed by atoms with Crippen LogP contribution >= 0.6 is 0 Å². The number of benzene rings is 1. The Kier molecular flexibility index (Phi) is 9.52. The van der Waals surface area contributed by atoms with Gasteiger partial charge >= 0.3 is 0 Å². The highest BCUT2D eigenvalue weighted by Crippen LogP contribution is 2.24. The lowest BCUT2D eigenvalue weighted by Crippen LogP contribution is -2.25. The minimum absolute atomic E-state index is 0.0215. The van der Waals surface area contributed by atoms with Gasteiger partial charge in [0.05, 0.1) is 36.3 Å². The Morgan fingerprint density at radius 1 is 1.09 bits per heavy atom. The van der Waals surface area contributed by atoms with Gasteiger partial charge in [-0.1, -0.05) is 17.3 Å². The lowest BCUT2D eigenvalue weighted by molar-refractivity contribution is -0.110. The van der Waals surface area contributed by atoms with E-state index in [4.69, 9.17) is 19.0 Å². The van der Waals surface area contributed by atoms with Gasteiger partial charge in [0, 0.05) is 32.8 Å². The second-order valence-electron chi connectivity index (χ2n) is 7.93. The second-order valence-corrected chi connectivity index (χ2v) is 10.0. The summed E-state index contributed by atoms with van der Waals surface area (Å²) in [6.07, 6.45) is 5.26. The van der Waals surface area contributed by atoms with Crippen LogP contribution in [0.4, 0.5) is 5.82 Å². The molecular weight excluding hydrogens is 476 g/mol. The lowest BCUT2D eigenvalue weighted by atomic mass is 10.1. The van der Waals surface area contributed by atoms with E-state index in [1.807, 2.05) is 0 Å². The van der Waals surface area contributed by atoms with Crippen molar-refractivity contribution in [3.8, 4) is 5.88 Å². The van der Waals surface area contributed by atoms with Crippen molar-refractivity contribution in [2.24, 2.45) is 5.16 Å². The van der Waals surface area contributed by atoms with E-state index < -0.39 is 15.7 Å². The molecule has 1 aromatic carbocycles. The van der Waals surface area contributed by atoms with Crippen molar-refractivity contribution in [2.75, 3.05) is 39.0 Å². The van der Waals surface area contributed by atoms with E-state index in [1.54, 1.807) is 7.11 Å². The van der Waals surface area contributed by atoms with Crippen molar-refractivity contribution < 1.29 is 32.3 Å². The maximum atomic E-state index is 13.1. The molecule has 0 spiro atoms. The first-order valence-corrected chi connectivity index (χ1v) is 12.8. The van der Waals surface area contributed by atoms with Crippen LogP contribution in [-0.2, 0) is 28.9 Å². The van der Waals surface area contributed by atoms with E-state index in [1.165, 1.54) is 50.9 Å². The highest BCUT2D eigenvalue weighted by molar-refractivity contribution is 7.91. The number of carbonyl (C=O) groups is 1. The van der Waals surface area contributed by atoms with E-state index >= 15 is 0 Å². The summed E-state index contributed by atoms with van der Waals surface area (Å²) < 4.78 is 40.4. The van der Waals surface area contributed by atoms with Gasteiger partial charge in [0.25, 0.3) is 5.91 Å². The third kappa shape index (κ3) is 7.44. The Bertz CT molecular complexity index is 1110. The molecule has 1 aromatic heterocycles. The summed E-state index contributed by atoms with van der Waals surface area (Å²) in [5.74, 6) is -0.123. The van der Waals surface area contributed by atoms with Crippen molar-refractivity contribution in [1.82, 2.24) is 9.97 Å². The van der Waals surface area contributed by atoms with Crippen LogP contribution in [0.3, 0.4) is 0 Å². The molecule has 1 aliphatic rings. The molecule has 1 heterocycles. The Morgan fingerprint density at radius 3 is 2.43 bits per heavy atom. The van der Waals surface area contributed by atoms with Crippen LogP contribution in [0.2, 0.25) is 0 Å². The van der Waals surface area contributed by atoms with Crippen molar-refractivity contribution >= 4 is 27.3 Å². The number of hydrogen-bond acceptors (Lipinski definition) is 10. The number of anilines is 1. The molecule has 1 amide bonds. The predicted octanol–water partition coefficient (Wildman–Crippen LogP) is 2.22. The van der Waals surface area contributed by atoms with Gasteiger partial charge in [0.1, 0.15) is 6.10 Å². The van der Waals surface area contributed by atoms with Gasteiger partial charge in [-0.3, -0.25) is 4.79 Å². The van der Waals surface area contributed by atoms with E-state index in [0.29, 0.717) is 30.9 Å². The summed E-state index contributed by atoms with van der Waals surface area (Å²) in [7, 11) is 1.15.